The third-order valence-electron chi connectivity index (χ3n) is 4.77. The van der Waals surface area contributed by atoms with Crippen molar-refractivity contribution in [2.24, 2.45) is 0 Å². The van der Waals surface area contributed by atoms with E-state index in [4.69, 9.17) is 17.0 Å². The second-order valence-electron chi connectivity index (χ2n) is 7.13. The zero-order valence-electron chi connectivity index (χ0n) is 18.3. The van der Waals surface area contributed by atoms with Crippen LogP contribution in [0.5, 0.6) is 5.75 Å². The molecule has 172 valence electrons. The lowest BCUT2D eigenvalue weighted by Gasteiger charge is -2.15. The summed E-state index contributed by atoms with van der Waals surface area (Å²) in [6.07, 6.45) is 0. The van der Waals surface area contributed by atoms with Gasteiger partial charge in [0.15, 0.2) is 5.11 Å². The van der Waals surface area contributed by atoms with E-state index in [1.165, 1.54) is 31.4 Å². The number of aryl methyl sites for hydroxylation is 2. The molecule has 0 aliphatic heterocycles. The molecule has 4 N–H and O–H groups in total. The summed E-state index contributed by atoms with van der Waals surface area (Å²) in [4.78, 5) is 12.5. The van der Waals surface area contributed by atoms with Crippen LogP contribution in [0.4, 0.5) is 11.4 Å². The molecular weight excluding hydrogens is 460 g/mol. The third kappa shape index (κ3) is 5.99. The number of carbonyl (C=O) groups excluding carboxylic acids is 1. The Hall–Kier alpha value is -3.63. The van der Waals surface area contributed by atoms with Crippen LogP contribution in [0.15, 0.2) is 71.6 Å². The number of thiocarbonyl (C=S) groups is 1. The SMILES string of the molecule is COc1ccccc1NS(=O)(=O)c1cccc(C(=O)NNC(=S)Nc2c(C)cccc2C)c1. The van der Waals surface area contributed by atoms with Crippen LogP contribution < -0.4 is 25.6 Å². The van der Waals surface area contributed by atoms with Crippen molar-refractivity contribution < 1.29 is 17.9 Å². The molecule has 0 bridgehead atoms. The molecular formula is C23H24N4O4S2. The number of sulfonamides is 1. The van der Waals surface area contributed by atoms with Gasteiger partial charge in [-0.15, -0.1) is 0 Å². The van der Waals surface area contributed by atoms with Gasteiger partial charge >= 0.3 is 0 Å². The highest BCUT2D eigenvalue weighted by molar-refractivity contribution is 7.92. The minimum absolute atomic E-state index is 0.0720. The number of hydrogen-bond donors (Lipinski definition) is 4. The van der Waals surface area contributed by atoms with Crippen molar-refractivity contribution in [3.8, 4) is 5.75 Å². The summed E-state index contributed by atoms with van der Waals surface area (Å²) in [5.41, 5.74) is 8.40. The van der Waals surface area contributed by atoms with Crippen molar-refractivity contribution in [2.75, 3.05) is 17.1 Å². The molecule has 1 amide bonds. The van der Waals surface area contributed by atoms with Gasteiger partial charge in [-0.25, -0.2) is 8.42 Å². The monoisotopic (exact) mass is 484 g/mol. The number of ether oxygens (including phenoxy) is 1. The molecule has 3 rings (SSSR count). The number of carbonyl (C=O) groups is 1. The van der Waals surface area contributed by atoms with Gasteiger partial charge in [0.1, 0.15) is 5.75 Å². The van der Waals surface area contributed by atoms with Gasteiger partial charge in [-0.05, 0) is 67.5 Å². The Labute approximate surface area is 198 Å². The first-order valence-corrected chi connectivity index (χ1v) is 11.8. The number of rotatable bonds is 6. The maximum Gasteiger partial charge on any atom is 0.269 e. The first kappa shape index (κ1) is 24.0. The van der Waals surface area contributed by atoms with Crippen LogP contribution in [-0.2, 0) is 10.0 Å². The lowest BCUT2D eigenvalue weighted by Crippen LogP contribution is -2.44. The number of nitrogens with one attached hydrogen (secondary N) is 4. The van der Waals surface area contributed by atoms with E-state index in [1.54, 1.807) is 24.3 Å². The van der Waals surface area contributed by atoms with Gasteiger partial charge in [-0.3, -0.25) is 20.4 Å². The van der Waals surface area contributed by atoms with Gasteiger partial charge in [0, 0.05) is 11.3 Å². The number of hydrazine groups is 1. The van der Waals surface area contributed by atoms with Crippen LogP contribution in [-0.4, -0.2) is 26.5 Å². The highest BCUT2D eigenvalue weighted by Gasteiger charge is 2.18. The number of hydrogen-bond acceptors (Lipinski definition) is 5. The fraction of sp³-hybridized carbons (Fsp3) is 0.130. The predicted octanol–water partition coefficient (Wildman–Crippen LogP) is 3.74. The second kappa shape index (κ2) is 10.3. The molecule has 0 aliphatic carbocycles. The Morgan fingerprint density at radius 3 is 2.27 bits per heavy atom. The number of para-hydroxylation sites is 3. The smallest absolute Gasteiger partial charge is 0.269 e. The summed E-state index contributed by atoms with van der Waals surface area (Å²) in [6.45, 7) is 3.89. The quantitative estimate of drug-likeness (QED) is 0.312. The molecule has 33 heavy (non-hydrogen) atoms. The first-order valence-electron chi connectivity index (χ1n) is 9.90. The van der Waals surface area contributed by atoms with Crippen molar-refractivity contribution >= 4 is 44.6 Å². The largest absolute Gasteiger partial charge is 0.495 e. The predicted molar refractivity (Wildman–Crippen MR) is 133 cm³/mol. The van der Waals surface area contributed by atoms with E-state index in [2.05, 4.69) is 20.9 Å². The molecule has 0 saturated carbocycles. The number of amides is 1. The van der Waals surface area contributed by atoms with Gasteiger partial charge in [0.25, 0.3) is 15.9 Å². The molecule has 8 nitrogen and oxygen atoms in total. The Bertz CT molecular complexity index is 1270. The van der Waals surface area contributed by atoms with Crippen molar-refractivity contribution in [1.82, 2.24) is 10.9 Å². The Morgan fingerprint density at radius 2 is 1.58 bits per heavy atom. The van der Waals surface area contributed by atoms with Gasteiger partial charge in [0.05, 0.1) is 17.7 Å². The van der Waals surface area contributed by atoms with Crippen molar-refractivity contribution in [3.05, 3.63) is 83.4 Å². The zero-order chi connectivity index (χ0) is 24.0. The van der Waals surface area contributed by atoms with E-state index in [-0.39, 0.29) is 15.6 Å². The minimum atomic E-state index is -3.95. The number of benzene rings is 3. The fourth-order valence-corrected chi connectivity index (χ4v) is 4.35. The van der Waals surface area contributed by atoms with Gasteiger partial charge < -0.3 is 10.1 Å². The second-order valence-corrected chi connectivity index (χ2v) is 9.22. The van der Waals surface area contributed by atoms with Crippen LogP contribution in [0.3, 0.4) is 0 Å². The van der Waals surface area contributed by atoms with Gasteiger partial charge in [-0.2, -0.15) is 0 Å². The van der Waals surface area contributed by atoms with Crippen molar-refractivity contribution in [2.45, 2.75) is 18.7 Å². The molecule has 0 heterocycles. The molecule has 0 aromatic heterocycles. The third-order valence-corrected chi connectivity index (χ3v) is 6.33. The van der Waals surface area contributed by atoms with Crippen LogP contribution in [0.1, 0.15) is 21.5 Å². The lowest BCUT2D eigenvalue weighted by molar-refractivity contribution is 0.0944. The van der Waals surface area contributed by atoms with Gasteiger partial charge in [-0.1, -0.05) is 36.4 Å². The molecule has 10 heteroatoms. The Kier molecular flexibility index (Phi) is 7.52. The molecule has 0 unspecified atom stereocenters. The van der Waals surface area contributed by atoms with E-state index in [0.29, 0.717) is 11.4 Å². The van der Waals surface area contributed by atoms with Crippen molar-refractivity contribution in [1.29, 1.82) is 0 Å². The molecule has 0 atom stereocenters. The molecule has 0 saturated heterocycles. The molecule has 3 aromatic rings. The van der Waals surface area contributed by atoms with Crippen LogP contribution >= 0.6 is 12.2 Å². The summed E-state index contributed by atoms with van der Waals surface area (Å²) in [7, 11) is -2.50. The van der Waals surface area contributed by atoms with E-state index in [1.807, 2.05) is 32.0 Å². The molecule has 0 spiro atoms. The van der Waals surface area contributed by atoms with Crippen molar-refractivity contribution in [3.63, 3.8) is 0 Å². The Morgan fingerprint density at radius 1 is 0.909 bits per heavy atom. The maximum absolute atomic E-state index is 12.8. The molecule has 0 radical (unpaired) electrons. The minimum Gasteiger partial charge on any atom is -0.495 e. The topological polar surface area (TPSA) is 109 Å². The van der Waals surface area contributed by atoms with E-state index < -0.39 is 15.9 Å². The summed E-state index contributed by atoms with van der Waals surface area (Å²) >= 11 is 5.25. The maximum atomic E-state index is 12.8. The van der Waals surface area contributed by atoms with Crippen LogP contribution in [0.2, 0.25) is 0 Å². The normalized spacial score (nSPS) is 10.8. The highest BCUT2D eigenvalue weighted by atomic mass is 32.2. The van der Waals surface area contributed by atoms with E-state index in [0.717, 1.165) is 16.8 Å². The summed E-state index contributed by atoms with van der Waals surface area (Å²) in [5, 5.41) is 3.24. The highest BCUT2D eigenvalue weighted by Crippen LogP contribution is 2.26. The lowest BCUT2D eigenvalue weighted by atomic mass is 10.1. The first-order chi connectivity index (χ1) is 15.7. The van der Waals surface area contributed by atoms with Crippen LogP contribution in [0.25, 0.3) is 0 Å². The van der Waals surface area contributed by atoms with E-state index in [9.17, 15) is 13.2 Å². The standard InChI is InChI=1S/C23H24N4O4S2/c1-15-8-6-9-16(2)21(15)24-23(32)26-25-22(28)17-10-7-11-18(14-17)33(29,30)27-19-12-4-5-13-20(19)31-3/h4-14,27H,1-3H3,(H,25,28)(H2,24,26,32). The summed E-state index contributed by atoms with van der Waals surface area (Å²) in [6, 6.07) is 18.1. The molecule has 0 fully saturated rings. The molecule has 0 aliphatic rings. The Balaban J connectivity index is 1.68. The number of anilines is 2. The fourth-order valence-electron chi connectivity index (χ4n) is 3.08. The molecule has 3 aromatic carbocycles. The average Bonchev–Trinajstić information content (AvgIpc) is 2.80. The summed E-state index contributed by atoms with van der Waals surface area (Å²) < 4.78 is 33.3. The average molecular weight is 485 g/mol. The van der Waals surface area contributed by atoms with Gasteiger partial charge in [0.2, 0.25) is 0 Å². The zero-order valence-corrected chi connectivity index (χ0v) is 19.9. The van der Waals surface area contributed by atoms with Crippen LogP contribution in [0, 0.1) is 13.8 Å². The number of methoxy groups -OCH3 is 1. The van der Waals surface area contributed by atoms with E-state index >= 15 is 0 Å². The summed E-state index contributed by atoms with van der Waals surface area (Å²) in [5.74, 6) is -0.168.